The van der Waals surface area contributed by atoms with Crippen LogP contribution in [-0.2, 0) is 4.74 Å². The van der Waals surface area contributed by atoms with Gasteiger partial charge in [-0.2, -0.15) is 9.78 Å². The van der Waals surface area contributed by atoms with Crippen LogP contribution < -0.4 is 5.32 Å². The molecule has 0 radical (unpaired) electrons. The fraction of sp³-hybridized carbons (Fsp3) is 0.240. The molecule has 1 amide bonds. The number of rotatable bonds is 4. The maximum atomic E-state index is 12.3. The predicted molar refractivity (Wildman–Crippen MR) is 134 cm³/mol. The molecule has 186 valence electrons. The highest BCUT2D eigenvalue weighted by molar-refractivity contribution is 5.97. The molecule has 1 aromatic carbocycles. The fourth-order valence-electron chi connectivity index (χ4n) is 3.55. The Morgan fingerprint density at radius 3 is 2.36 bits per heavy atom. The zero-order valence-corrected chi connectivity index (χ0v) is 20.5. The number of carbonyl (C=O) groups excluding carboxylic acids is 2. The van der Waals surface area contributed by atoms with Gasteiger partial charge in [0.15, 0.2) is 0 Å². The van der Waals surface area contributed by atoms with Gasteiger partial charge in [0.25, 0.3) is 5.91 Å². The molecule has 3 heterocycles. The Hall–Kier alpha value is -4.67. The largest absolute Gasteiger partial charge is 0.464 e. The van der Waals surface area contributed by atoms with Crippen LogP contribution in [0.5, 0.6) is 0 Å². The maximum Gasteiger partial charge on any atom is 0.435 e. The first-order valence-electron chi connectivity index (χ1n) is 11.0. The summed E-state index contributed by atoms with van der Waals surface area (Å²) in [6, 6.07) is 10.2. The van der Waals surface area contributed by atoms with Gasteiger partial charge in [0.2, 0.25) is 0 Å². The van der Waals surface area contributed by atoms with Crippen LogP contribution in [0.25, 0.3) is 22.2 Å². The highest BCUT2D eigenvalue weighted by Gasteiger charge is 2.22. The zero-order valence-electron chi connectivity index (χ0n) is 20.5. The molecule has 0 aliphatic heterocycles. The predicted octanol–water partition coefficient (Wildman–Crippen LogP) is 4.65. The first-order valence-corrected chi connectivity index (χ1v) is 11.0. The minimum atomic E-state index is -1.20. The van der Waals surface area contributed by atoms with Gasteiger partial charge in [-0.05, 0) is 51.1 Å². The molecule has 0 saturated carbocycles. The van der Waals surface area contributed by atoms with Crippen molar-refractivity contribution in [3.8, 4) is 11.3 Å². The minimum Gasteiger partial charge on any atom is -0.464 e. The van der Waals surface area contributed by atoms with Crippen LogP contribution in [0, 0.1) is 0 Å². The van der Waals surface area contributed by atoms with E-state index in [2.05, 4.69) is 15.4 Å². The molecule has 36 heavy (non-hydrogen) atoms. The van der Waals surface area contributed by atoms with Crippen molar-refractivity contribution in [3.05, 3.63) is 60.6 Å². The summed E-state index contributed by atoms with van der Waals surface area (Å²) in [7, 11) is 3.37. The van der Waals surface area contributed by atoms with Crippen LogP contribution in [0.1, 0.15) is 31.1 Å². The van der Waals surface area contributed by atoms with E-state index in [4.69, 9.17) is 4.74 Å². The van der Waals surface area contributed by atoms with E-state index in [1.54, 1.807) is 77.5 Å². The van der Waals surface area contributed by atoms with Crippen molar-refractivity contribution in [2.75, 3.05) is 19.4 Å². The molecular formula is C25H26N6O5. The van der Waals surface area contributed by atoms with E-state index in [0.717, 1.165) is 9.25 Å². The number of anilines is 2. The molecule has 0 fully saturated rings. The van der Waals surface area contributed by atoms with E-state index in [1.807, 2.05) is 0 Å². The molecule has 0 saturated heterocycles. The molecule has 2 N–H and O–H groups in total. The number of hydrogen-bond donors (Lipinski definition) is 2. The standard InChI is InChI=1S/C25H26N6O5/c1-25(2,3)36-24(35)30-14-17(13-27-30)19-10-16-12-26-21(11-20(16)31(19)23(33)34)28-18-8-6-15(7-9-18)22(32)29(4)5/h6-14H,1-5H3,(H,26,28)(H,33,34). The molecule has 11 nitrogen and oxygen atoms in total. The second kappa shape index (κ2) is 9.17. The molecule has 0 aliphatic carbocycles. The van der Waals surface area contributed by atoms with Crippen molar-refractivity contribution < 1.29 is 24.2 Å². The summed E-state index contributed by atoms with van der Waals surface area (Å²) in [5, 5.41) is 17.7. The van der Waals surface area contributed by atoms with Gasteiger partial charge in [0, 0.05) is 54.8 Å². The van der Waals surface area contributed by atoms with Gasteiger partial charge < -0.3 is 20.1 Å². The van der Waals surface area contributed by atoms with Crippen molar-refractivity contribution >= 4 is 40.5 Å². The number of carbonyl (C=O) groups is 3. The molecule has 0 spiro atoms. The third kappa shape index (κ3) is 5.04. The lowest BCUT2D eigenvalue weighted by Gasteiger charge is -2.18. The Kier molecular flexibility index (Phi) is 6.23. The van der Waals surface area contributed by atoms with Crippen molar-refractivity contribution in [1.29, 1.82) is 0 Å². The van der Waals surface area contributed by atoms with Gasteiger partial charge in [-0.1, -0.05) is 0 Å². The van der Waals surface area contributed by atoms with Crippen molar-refractivity contribution in [2.45, 2.75) is 26.4 Å². The molecule has 0 bridgehead atoms. The van der Waals surface area contributed by atoms with E-state index in [0.29, 0.717) is 39.2 Å². The van der Waals surface area contributed by atoms with Crippen LogP contribution in [0.15, 0.2) is 55.0 Å². The topological polar surface area (TPSA) is 132 Å². The molecular weight excluding hydrogens is 464 g/mol. The molecule has 4 rings (SSSR count). The number of ether oxygens (including phenoxy) is 1. The lowest BCUT2D eigenvalue weighted by molar-refractivity contribution is 0.0514. The van der Waals surface area contributed by atoms with E-state index in [9.17, 15) is 19.5 Å². The third-order valence-electron chi connectivity index (χ3n) is 5.15. The highest BCUT2D eigenvalue weighted by Crippen LogP contribution is 2.30. The Bertz CT molecular complexity index is 1460. The maximum absolute atomic E-state index is 12.3. The van der Waals surface area contributed by atoms with Crippen LogP contribution >= 0.6 is 0 Å². The van der Waals surface area contributed by atoms with Gasteiger partial charge in [-0.25, -0.2) is 19.1 Å². The van der Waals surface area contributed by atoms with Gasteiger partial charge in [-0.15, -0.1) is 0 Å². The van der Waals surface area contributed by atoms with Crippen LogP contribution in [-0.4, -0.2) is 67.1 Å². The van der Waals surface area contributed by atoms with Crippen molar-refractivity contribution in [2.24, 2.45) is 0 Å². The average molecular weight is 491 g/mol. The third-order valence-corrected chi connectivity index (χ3v) is 5.15. The Balaban J connectivity index is 1.65. The summed E-state index contributed by atoms with van der Waals surface area (Å²) in [5.41, 5.74) is 1.69. The van der Waals surface area contributed by atoms with Gasteiger partial charge in [0.1, 0.15) is 11.4 Å². The van der Waals surface area contributed by atoms with E-state index < -0.39 is 17.8 Å². The van der Waals surface area contributed by atoms with Crippen molar-refractivity contribution in [3.63, 3.8) is 0 Å². The first-order chi connectivity index (χ1) is 16.9. The lowest BCUT2D eigenvalue weighted by Crippen LogP contribution is -2.27. The summed E-state index contributed by atoms with van der Waals surface area (Å²) >= 11 is 0. The van der Waals surface area contributed by atoms with Crippen LogP contribution in [0.2, 0.25) is 0 Å². The number of fused-ring (bicyclic) bond motifs is 1. The molecule has 0 aliphatic rings. The van der Waals surface area contributed by atoms with Gasteiger partial charge >= 0.3 is 12.2 Å². The Labute approximate surface area is 206 Å². The van der Waals surface area contributed by atoms with Crippen LogP contribution in [0.3, 0.4) is 0 Å². The van der Waals surface area contributed by atoms with Gasteiger partial charge in [-0.3, -0.25) is 4.79 Å². The van der Waals surface area contributed by atoms with E-state index in [1.165, 1.54) is 17.3 Å². The number of pyridine rings is 1. The van der Waals surface area contributed by atoms with Gasteiger partial charge in [0.05, 0.1) is 17.4 Å². The number of nitrogens with zero attached hydrogens (tertiary/aromatic N) is 5. The number of hydrogen-bond acceptors (Lipinski definition) is 7. The van der Waals surface area contributed by atoms with Crippen LogP contribution in [0.4, 0.5) is 21.1 Å². The number of amides is 1. The summed E-state index contributed by atoms with van der Waals surface area (Å²) in [4.78, 5) is 42.5. The number of aromatic nitrogens is 4. The highest BCUT2D eigenvalue weighted by atomic mass is 16.6. The number of benzene rings is 1. The fourth-order valence-corrected chi connectivity index (χ4v) is 3.55. The summed E-state index contributed by atoms with van der Waals surface area (Å²) < 4.78 is 7.45. The van der Waals surface area contributed by atoms with Crippen molar-refractivity contribution in [1.82, 2.24) is 24.2 Å². The number of carboxylic acid groups (broad SMARTS) is 1. The SMILES string of the molecule is CN(C)C(=O)c1ccc(Nc2cc3c(cn2)cc(-c2cnn(C(=O)OC(C)(C)C)c2)n3C(=O)O)cc1. The average Bonchev–Trinajstić information content (AvgIpc) is 3.43. The Morgan fingerprint density at radius 2 is 1.75 bits per heavy atom. The minimum absolute atomic E-state index is 0.108. The molecule has 3 aromatic heterocycles. The second-order valence-electron chi connectivity index (χ2n) is 9.33. The zero-order chi connectivity index (χ0) is 26.2. The molecule has 0 atom stereocenters. The Morgan fingerprint density at radius 1 is 1.06 bits per heavy atom. The molecule has 0 unspecified atom stereocenters. The summed E-state index contributed by atoms with van der Waals surface area (Å²) in [6.45, 7) is 5.23. The first kappa shape index (κ1) is 24.5. The smallest absolute Gasteiger partial charge is 0.435 e. The number of nitrogens with one attached hydrogen (secondary N) is 1. The molecule has 4 aromatic rings. The normalized spacial score (nSPS) is 11.4. The quantitative estimate of drug-likeness (QED) is 0.422. The summed E-state index contributed by atoms with van der Waals surface area (Å²) in [6.07, 6.45) is 2.51. The monoisotopic (exact) mass is 490 g/mol. The second-order valence-corrected chi connectivity index (χ2v) is 9.33. The van der Waals surface area contributed by atoms with E-state index in [-0.39, 0.29) is 5.91 Å². The summed E-state index contributed by atoms with van der Waals surface area (Å²) in [5.74, 6) is 0.314. The van der Waals surface area contributed by atoms with E-state index >= 15 is 0 Å². The lowest BCUT2D eigenvalue weighted by atomic mass is 10.2. The molecule has 11 heteroatoms.